The van der Waals surface area contributed by atoms with Gasteiger partial charge >= 0.3 is 0 Å². The fourth-order valence-corrected chi connectivity index (χ4v) is 3.92. The smallest absolute Gasteiger partial charge is 0.282 e. The molecule has 0 amide bonds. The van der Waals surface area contributed by atoms with E-state index in [1.54, 1.807) is 0 Å². The van der Waals surface area contributed by atoms with Crippen molar-refractivity contribution in [3.05, 3.63) is 40.4 Å². The van der Waals surface area contributed by atoms with Crippen molar-refractivity contribution in [2.45, 2.75) is 4.90 Å². The van der Waals surface area contributed by atoms with E-state index >= 15 is 0 Å². The van der Waals surface area contributed by atoms with Crippen molar-refractivity contribution in [3.63, 3.8) is 0 Å². The van der Waals surface area contributed by atoms with Crippen molar-refractivity contribution >= 4 is 48.3 Å². The predicted octanol–water partition coefficient (Wildman–Crippen LogP) is 3.37. The standard InChI is InChI=1S/C12H7BrN2O3S2/c13-7-1-2-10-9(3-7)12(15-6-14-10)11-4-8(5-19-11)20(16,17)18/h1-6H,(H,16,17,18). The van der Waals surface area contributed by atoms with Crippen LogP contribution >= 0.6 is 27.3 Å². The number of fused-ring (bicyclic) bond motifs is 1. The molecular weight excluding hydrogens is 364 g/mol. The van der Waals surface area contributed by atoms with E-state index in [4.69, 9.17) is 4.55 Å². The molecule has 2 aromatic heterocycles. The SMILES string of the molecule is O=S(=O)(O)c1csc(-c2ncnc3ccc(Br)cc23)c1. The van der Waals surface area contributed by atoms with Gasteiger partial charge < -0.3 is 0 Å². The van der Waals surface area contributed by atoms with E-state index in [0.717, 1.165) is 15.4 Å². The van der Waals surface area contributed by atoms with E-state index in [9.17, 15) is 8.42 Å². The molecule has 5 nitrogen and oxygen atoms in total. The van der Waals surface area contributed by atoms with E-state index < -0.39 is 10.1 Å². The molecule has 0 fully saturated rings. The number of nitrogens with zero attached hydrogens (tertiary/aromatic N) is 2. The predicted molar refractivity (Wildman–Crippen MR) is 80.4 cm³/mol. The first kappa shape index (κ1) is 13.6. The molecular formula is C12H7BrN2O3S2. The van der Waals surface area contributed by atoms with Crippen molar-refractivity contribution < 1.29 is 13.0 Å². The van der Waals surface area contributed by atoms with E-state index in [1.165, 1.54) is 29.1 Å². The third-order valence-corrected chi connectivity index (χ3v) is 5.11. The van der Waals surface area contributed by atoms with E-state index in [1.807, 2.05) is 18.2 Å². The van der Waals surface area contributed by atoms with Gasteiger partial charge in [-0.1, -0.05) is 15.9 Å². The molecule has 0 aliphatic rings. The van der Waals surface area contributed by atoms with Crippen LogP contribution in [0.25, 0.3) is 21.5 Å². The number of benzene rings is 1. The van der Waals surface area contributed by atoms with Gasteiger partial charge in [-0.2, -0.15) is 8.42 Å². The second-order valence-corrected chi connectivity index (χ2v) is 7.25. The highest BCUT2D eigenvalue weighted by Gasteiger charge is 2.15. The first-order valence-electron chi connectivity index (χ1n) is 5.42. The maximum atomic E-state index is 11.1. The van der Waals surface area contributed by atoms with E-state index in [-0.39, 0.29) is 4.90 Å². The quantitative estimate of drug-likeness (QED) is 0.699. The highest BCUT2D eigenvalue weighted by Crippen LogP contribution is 2.33. The largest absolute Gasteiger partial charge is 0.295 e. The van der Waals surface area contributed by atoms with Crippen LogP contribution in [0.15, 0.2) is 45.3 Å². The molecule has 3 aromatic rings. The van der Waals surface area contributed by atoms with Crippen molar-refractivity contribution in [3.8, 4) is 10.6 Å². The minimum absolute atomic E-state index is 0.126. The molecule has 0 aliphatic heterocycles. The highest BCUT2D eigenvalue weighted by molar-refractivity contribution is 9.10. The fraction of sp³-hybridized carbons (Fsp3) is 0. The zero-order chi connectivity index (χ0) is 14.3. The van der Waals surface area contributed by atoms with Crippen LogP contribution in [0.3, 0.4) is 0 Å². The van der Waals surface area contributed by atoms with Crippen LogP contribution in [-0.2, 0) is 10.1 Å². The van der Waals surface area contributed by atoms with Crippen LogP contribution in [0.5, 0.6) is 0 Å². The number of rotatable bonds is 2. The van der Waals surface area contributed by atoms with Crippen LogP contribution < -0.4 is 0 Å². The van der Waals surface area contributed by atoms with Gasteiger partial charge in [0, 0.05) is 15.2 Å². The first-order valence-corrected chi connectivity index (χ1v) is 8.53. The second-order valence-electron chi connectivity index (χ2n) is 4.01. The average molecular weight is 371 g/mol. The lowest BCUT2D eigenvalue weighted by molar-refractivity contribution is 0.483. The highest BCUT2D eigenvalue weighted by atomic mass is 79.9. The lowest BCUT2D eigenvalue weighted by Gasteiger charge is -2.03. The lowest BCUT2D eigenvalue weighted by Crippen LogP contribution is -1.94. The number of thiophene rings is 1. The molecule has 102 valence electrons. The van der Waals surface area contributed by atoms with Gasteiger partial charge in [0.1, 0.15) is 11.2 Å². The third-order valence-electron chi connectivity index (χ3n) is 2.70. The summed E-state index contributed by atoms with van der Waals surface area (Å²) in [6, 6.07) is 7.00. The minimum atomic E-state index is -4.19. The number of hydrogen-bond donors (Lipinski definition) is 1. The molecule has 1 N–H and O–H groups in total. The van der Waals surface area contributed by atoms with Gasteiger partial charge in [-0.25, -0.2) is 9.97 Å². The lowest BCUT2D eigenvalue weighted by atomic mass is 10.1. The van der Waals surface area contributed by atoms with Crippen LogP contribution in [0.1, 0.15) is 0 Å². The summed E-state index contributed by atoms with van der Waals surface area (Å²) >= 11 is 4.59. The zero-order valence-electron chi connectivity index (χ0n) is 9.82. The second kappa shape index (κ2) is 4.88. The molecule has 0 saturated carbocycles. The fourth-order valence-electron chi connectivity index (χ4n) is 1.80. The summed E-state index contributed by atoms with van der Waals surface area (Å²) in [5.41, 5.74) is 1.40. The van der Waals surface area contributed by atoms with Gasteiger partial charge in [0.2, 0.25) is 0 Å². The Kier molecular flexibility index (Phi) is 3.33. The Morgan fingerprint density at radius 3 is 2.70 bits per heavy atom. The average Bonchev–Trinajstić information content (AvgIpc) is 2.87. The van der Waals surface area contributed by atoms with Crippen LogP contribution in [0, 0.1) is 0 Å². The van der Waals surface area contributed by atoms with Crippen molar-refractivity contribution in [2.24, 2.45) is 0 Å². The Hall–Kier alpha value is -1.35. The Labute approximate surface area is 127 Å². The van der Waals surface area contributed by atoms with Crippen LogP contribution in [0.4, 0.5) is 0 Å². The molecule has 20 heavy (non-hydrogen) atoms. The number of hydrogen-bond acceptors (Lipinski definition) is 5. The summed E-state index contributed by atoms with van der Waals surface area (Å²) in [7, 11) is -4.19. The molecule has 0 atom stereocenters. The van der Waals surface area contributed by atoms with Crippen LogP contribution in [-0.4, -0.2) is 22.9 Å². The minimum Gasteiger partial charge on any atom is -0.282 e. The van der Waals surface area contributed by atoms with Gasteiger partial charge in [-0.3, -0.25) is 4.55 Å². The Morgan fingerprint density at radius 1 is 1.20 bits per heavy atom. The number of aromatic nitrogens is 2. The van der Waals surface area contributed by atoms with Gasteiger partial charge in [0.25, 0.3) is 10.1 Å². The Morgan fingerprint density at radius 2 is 2.00 bits per heavy atom. The molecule has 0 saturated heterocycles. The summed E-state index contributed by atoms with van der Waals surface area (Å²) in [5, 5.41) is 2.20. The van der Waals surface area contributed by atoms with Gasteiger partial charge in [0.05, 0.1) is 16.1 Å². The molecule has 3 rings (SSSR count). The third kappa shape index (κ3) is 2.47. The van der Waals surface area contributed by atoms with E-state index in [0.29, 0.717) is 10.6 Å². The summed E-state index contributed by atoms with van der Waals surface area (Å²) in [6.07, 6.45) is 1.43. The van der Waals surface area contributed by atoms with Gasteiger partial charge in [-0.15, -0.1) is 11.3 Å². The zero-order valence-corrected chi connectivity index (χ0v) is 13.0. The van der Waals surface area contributed by atoms with Crippen molar-refractivity contribution in [1.29, 1.82) is 0 Å². The molecule has 0 unspecified atom stereocenters. The van der Waals surface area contributed by atoms with Crippen LogP contribution in [0.2, 0.25) is 0 Å². The molecule has 0 aliphatic carbocycles. The Bertz CT molecular complexity index is 906. The molecule has 2 heterocycles. The topological polar surface area (TPSA) is 80.2 Å². The molecule has 0 spiro atoms. The van der Waals surface area contributed by atoms with Crippen molar-refractivity contribution in [1.82, 2.24) is 9.97 Å². The van der Waals surface area contributed by atoms with Gasteiger partial charge in [0.15, 0.2) is 0 Å². The Balaban J connectivity index is 2.24. The molecule has 1 aromatic carbocycles. The van der Waals surface area contributed by atoms with E-state index in [2.05, 4.69) is 25.9 Å². The number of halogens is 1. The maximum Gasteiger partial charge on any atom is 0.295 e. The van der Waals surface area contributed by atoms with Gasteiger partial charge in [-0.05, 0) is 24.3 Å². The molecule has 8 heteroatoms. The maximum absolute atomic E-state index is 11.1. The summed E-state index contributed by atoms with van der Waals surface area (Å²) in [5.74, 6) is 0. The monoisotopic (exact) mass is 370 g/mol. The normalized spacial score (nSPS) is 11.9. The molecule has 0 bridgehead atoms. The summed E-state index contributed by atoms with van der Waals surface area (Å²) < 4.78 is 32.2. The van der Waals surface area contributed by atoms with Crippen molar-refractivity contribution in [2.75, 3.05) is 0 Å². The first-order chi connectivity index (χ1) is 9.45. The summed E-state index contributed by atoms with van der Waals surface area (Å²) in [4.78, 5) is 8.91. The molecule has 0 radical (unpaired) electrons. The summed E-state index contributed by atoms with van der Waals surface area (Å²) in [6.45, 7) is 0.